The zero-order valence-corrected chi connectivity index (χ0v) is 10.6. The summed E-state index contributed by atoms with van der Waals surface area (Å²) < 4.78 is 26.4. The van der Waals surface area contributed by atoms with Gasteiger partial charge in [-0.25, -0.2) is 8.78 Å². The average Bonchev–Trinajstić information content (AvgIpc) is 2.31. The number of carbonyl (C=O) groups excluding carboxylic acids is 1. The van der Waals surface area contributed by atoms with Crippen LogP contribution in [0.5, 0.6) is 0 Å². The van der Waals surface area contributed by atoms with Crippen molar-refractivity contribution in [3.05, 3.63) is 35.4 Å². The summed E-state index contributed by atoms with van der Waals surface area (Å²) in [6, 6.07) is 2.62. The van der Waals surface area contributed by atoms with Crippen molar-refractivity contribution in [1.82, 2.24) is 5.32 Å². The molecular formula is C13H15F2NO3. The lowest BCUT2D eigenvalue weighted by Crippen LogP contribution is -2.40. The third kappa shape index (κ3) is 4.01. The molecule has 1 atom stereocenters. The summed E-state index contributed by atoms with van der Waals surface area (Å²) in [6.07, 6.45) is -0.277. The van der Waals surface area contributed by atoms with Gasteiger partial charge in [-0.1, -0.05) is 19.9 Å². The van der Waals surface area contributed by atoms with Gasteiger partial charge in [0, 0.05) is 6.04 Å². The molecule has 0 aliphatic carbocycles. The molecule has 1 aromatic rings. The topological polar surface area (TPSA) is 66.4 Å². The minimum absolute atomic E-state index is 0.142. The second-order valence-corrected chi connectivity index (χ2v) is 4.52. The summed E-state index contributed by atoms with van der Waals surface area (Å²) in [6.45, 7) is 3.46. The maximum absolute atomic E-state index is 13.4. The third-order valence-electron chi connectivity index (χ3n) is 2.71. The van der Waals surface area contributed by atoms with Crippen LogP contribution in [0.15, 0.2) is 18.2 Å². The highest BCUT2D eigenvalue weighted by Crippen LogP contribution is 2.13. The molecule has 0 radical (unpaired) electrons. The van der Waals surface area contributed by atoms with Gasteiger partial charge >= 0.3 is 5.97 Å². The fourth-order valence-corrected chi connectivity index (χ4v) is 1.57. The Morgan fingerprint density at radius 2 is 1.95 bits per heavy atom. The van der Waals surface area contributed by atoms with E-state index in [9.17, 15) is 18.4 Å². The van der Waals surface area contributed by atoms with Crippen LogP contribution in [0.2, 0.25) is 0 Å². The first-order valence-electron chi connectivity index (χ1n) is 5.79. The summed E-state index contributed by atoms with van der Waals surface area (Å²) >= 11 is 0. The number of rotatable bonds is 5. The van der Waals surface area contributed by atoms with Crippen molar-refractivity contribution in [2.24, 2.45) is 5.92 Å². The molecule has 0 aromatic heterocycles. The molecule has 0 spiro atoms. The zero-order valence-electron chi connectivity index (χ0n) is 10.6. The number of aliphatic carboxylic acids is 1. The summed E-state index contributed by atoms with van der Waals surface area (Å²) in [5.74, 6) is -4.39. The van der Waals surface area contributed by atoms with Gasteiger partial charge in [-0.05, 0) is 18.1 Å². The predicted octanol–water partition coefficient (Wildman–Crippen LogP) is 2.19. The molecule has 0 aliphatic heterocycles. The lowest BCUT2D eigenvalue weighted by Gasteiger charge is -2.20. The number of carbonyl (C=O) groups is 2. The van der Waals surface area contributed by atoms with Crippen molar-refractivity contribution in [1.29, 1.82) is 0 Å². The van der Waals surface area contributed by atoms with E-state index in [1.165, 1.54) is 6.07 Å². The number of benzene rings is 1. The first-order valence-corrected chi connectivity index (χ1v) is 5.79. The molecule has 0 heterocycles. The van der Waals surface area contributed by atoms with E-state index >= 15 is 0 Å². The Kier molecular flexibility index (Phi) is 4.97. The molecule has 0 saturated heterocycles. The first-order chi connectivity index (χ1) is 8.82. The second-order valence-electron chi connectivity index (χ2n) is 4.52. The molecule has 19 heavy (non-hydrogen) atoms. The number of hydrogen-bond acceptors (Lipinski definition) is 2. The standard InChI is InChI=1S/C13H15F2NO3/c1-7(2)10(6-11(17)18)16-13(19)8-4-3-5-9(14)12(8)15/h3-5,7,10H,6H2,1-2H3,(H,16,19)(H,17,18). The summed E-state index contributed by atoms with van der Waals surface area (Å²) in [5, 5.41) is 11.1. The number of carboxylic acids is 1. The molecule has 0 fully saturated rings. The largest absolute Gasteiger partial charge is 0.481 e. The van der Waals surface area contributed by atoms with Crippen molar-refractivity contribution >= 4 is 11.9 Å². The fraction of sp³-hybridized carbons (Fsp3) is 0.385. The van der Waals surface area contributed by atoms with Gasteiger partial charge in [0.25, 0.3) is 5.91 Å². The molecule has 4 nitrogen and oxygen atoms in total. The monoisotopic (exact) mass is 271 g/mol. The molecule has 0 bridgehead atoms. The lowest BCUT2D eigenvalue weighted by molar-refractivity contribution is -0.137. The Balaban J connectivity index is 2.88. The van der Waals surface area contributed by atoms with Gasteiger partial charge in [-0.15, -0.1) is 0 Å². The van der Waals surface area contributed by atoms with E-state index in [1.54, 1.807) is 13.8 Å². The number of amides is 1. The van der Waals surface area contributed by atoms with Crippen molar-refractivity contribution < 1.29 is 23.5 Å². The Labute approximate surface area is 109 Å². The lowest BCUT2D eigenvalue weighted by atomic mass is 10.0. The molecule has 1 amide bonds. The molecule has 1 unspecified atom stereocenters. The van der Waals surface area contributed by atoms with Gasteiger partial charge in [0.2, 0.25) is 0 Å². The molecule has 2 N–H and O–H groups in total. The van der Waals surface area contributed by atoms with Gasteiger partial charge in [-0.3, -0.25) is 9.59 Å². The van der Waals surface area contributed by atoms with Crippen LogP contribution in [0.4, 0.5) is 8.78 Å². The minimum Gasteiger partial charge on any atom is -0.481 e. The quantitative estimate of drug-likeness (QED) is 0.862. The maximum atomic E-state index is 13.4. The molecular weight excluding hydrogens is 256 g/mol. The van der Waals surface area contributed by atoms with E-state index in [0.717, 1.165) is 12.1 Å². The minimum atomic E-state index is -1.24. The Bertz CT molecular complexity index is 489. The van der Waals surface area contributed by atoms with Crippen molar-refractivity contribution in [3.8, 4) is 0 Å². The van der Waals surface area contributed by atoms with E-state index in [1.807, 2.05) is 0 Å². The molecule has 1 rings (SSSR count). The van der Waals surface area contributed by atoms with Crippen LogP contribution < -0.4 is 5.32 Å². The van der Waals surface area contributed by atoms with Gasteiger partial charge in [0.15, 0.2) is 11.6 Å². The van der Waals surface area contributed by atoms with Gasteiger partial charge < -0.3 is 10.4 Å². The van der Waals surface area contributed by atoms with Crippen molar-refractivity contribution in [3.63, 3.8) is 0 Å². The zero-order chi connectivity index (χ0) is 14.6. The Hall–Kier alpha value is -1.98. The SMILES string of the molecule is CC(C)C(CC(=O)O)NC(=O)c1cccc(F)c1F. The highest BCUT2D eigenvalue weighted by atomic mass is 19.2. The van der Waals surface area contributed by atoms with Crippen LogP contribution in [0.1, 0.15) is 30.6 Å². The third-order valence-corrected chi connectivity index (χ3v) is 2.71. The fourth-order valence-electron chi connectivity index (χ4n) is 1.57. The molecule has 0 aliphatic rings. The second kappa shape index (κ2) is 6.26. The number of halogens is 2. The van der Waals surface area contributed by atoms with Crippen LogP contribution in [-0.2, 0) is 4.79 Å². The molecule has 1 aromatic carbocycles. The molecule has 104 valence electrons. The van der Waals surface area contributed by atoms with Crippen molar-refractivity contribution in [2.75, 3.05) is 0 Å². The van der Waals surface area contributed by atoms with Crippen LogP contribution in [0.25, 0.3) is 0 Å². The van der Waals surface area contributed by atoms with Crippen LogP contribution in [0.3, 0.4) is 0 Å². The molecule has 0 saturated carbocycles. The highest BCUT2D eigenvalue weighted by molar-refractivity contribution is 5.94. The Morgan fingerprint density at radius 1 is 1.32 bits per heavy atom. The first kappa shape index (κ1) is 15.1. The summed E-state index contributed by atoms with van der Waals surface area (Å²) in [5.41, 5.74) is -0.434. The highest BCUT2D eigenvalue weighted by Gasteiger charge is 2.22. The predicted molar refractivity (Wildman–Crippen MR) is 64.7 cm³/mol. The summed E-state index contributed by atoms with van der Waals surface area (Å²) in [7, 11) is 0. The van der Waals surface area contributed by atoms with Crippen molar-refractivity contribution in [2.45, 2.75) is 26.3 Å². The van der Waals surface area contributed by atoms with Crippen LogP contribution >= 0.6 is 0 Å². The number of carboxylic acid groups (broad SMARTS) is 1. The smallest absolute Gasteiger partial charge is 0.305 e. The van der Waals surface area contributed by atoms with E-state index in [0.29, 0.717) is 0 Å². The van der Waals surface area contributed by atoms with E-state index in [4.69, 9.17) is 5.11 Å². The van der Waals surface area contributed by atoms with Crippen LogP contribution in [-0.4, -0.2) is 23.0 Å². The molecule has 6 heteroatoms. The number of hydrogen-bond donors (Lipinski definition) is 2. The normalized spacial score (nSPS) is 12.3. The van der Waals surface area contributed by atoms with Gasteiger partial charge in [0.05, 0.1) is 12.0 Å². The van der Waals surface area contributed by atoms with Crippen LogP contribution in [0, 0.1) is 17.6 Å². The van der Waals surface area contributed by atoms with E-state index in [-0.39, 0.29) is 12.3 Å². The number of nitrogens with one attached hydrogen (secondary N) is 1. The Morgan fingerprint density at radius 3 is 2.47 bits per heavy atom. The maximum Gasteiger partial charge on any atom is 0.305 e. The van der Waals surface area contributed by atoms with Gasteiger partial charge in [0.1, 0.15) is 0 Å². The van der Waals surface area contributed by atoms with E-state index < -0.39 is 35.1 Å². The van der Waals surface area contributed by atoms with Gasteiger partial charge in [-0.2, -0.15) is 0 Å². The summed E-state index contributed by atoms with van der Waals surface area (Å²) in [4.78, 5) is 22.5. The van der Waals surface area contributed by atoms with E-state index in [2.05, 4.69) is 5.32 Å². The average molecular weight is 271 g/mol.